The van der Waals surface area contributed by atoms with Crippen molar-refractivity contribution >= 4 is 29.0 Å². The maximum absolute atomic E-state index is 10.9. The highest BCUT2D eigenvalue weighted by Crippen LogP contribution is 2.32. The van der Waals surface area contributed by atoms with Gasteiger partial charge in [0.15, 0.2) is 0 Å². The Labute approximate surface area is 99.1 Å². The van der Waals surface area contributed by atoms with Crippen LogP contribution in [-0.2, 0) is 11.2 Å². The summed E-state index contributed by atoms with van der Waals surface area (Å²) >= 11 is 11.8. The summed E-state index contributed by atoms with van der Waals surface area (Å²) in [5.41, 5.74) is 0.866. The van der Waals surface area contributed by atoms with Gasteiger partial charge >= 0.3 is 0 Å². The fraction of sp³-hybridized carbons (Fsp3) is 0.364. The minimum Gasteiger partial charge on any atom is -0.495 e. The number of carbonyl (C=O) groups is 1. The summed E-state index contributed by atoms with van der Waals surface area (Å²) in [6, 6.07) is 3.40. The fourth-order valence-electron chi connectivity index (χ4n) is 1.34. The van der Waals surface area contributed by atoms with E-state index in [0.717, 1.165) is 5.56 Å². The van der Waals surface area contributed by atoms with Crippen molar-refractivity contribution in [1.82, 2.24) is 0 Å². The molecule has 0 aliphatic rings. The first-order valence-electron chi connectivity index (χ1n) is 4.56. The summed E-state index contributed by atoms with van der Waals surface area (Å²) in [4.78, 5) is 10.9. The van der Waals surface area contributed by atoms with Crippen LogP contribution in [-0.4, -0.2) is 12.9 Å². The lowest BCUT2D eigenvalue weighted by Gasteiger charge is -2.10. The highest BCUT2D eigenvalue weighted by molar-refractivity contribution is 6.35. The van der Waals surface area contributed by atoms with Crippen molar-refractivity contribution in [3.63, 3.8) is 0 Å². The molecule has 0 spiro atoms. The smallest absolute Gasteiger partial charge is 0.140 e. The molecule has 1 aromatic rings. The van der Waals surface area contributed by atoms with Crippen LogP contribution in [0.25, 0.3) is 0 Å². The van der Waals surface area contributed by atoms with Gasteiger partial charge in [0.25, 0.3) is 0 Å². The molecule has 0 heterocycles. The normalized spacial score (nSPS) is 10.1. The van der Waals surface area contributed by atoms with Gasteiger partial charge in [0.2, 0.25) is 0 Å². The summed E-state index contributed by atoms with van der Waals surface area (Å²) in [6.45, 7) is 1.55. The van der Waals surface area contributed by atoms with Crippen LogP contribution in [0.4, 0.5) is 0 Å². The zero-order chi connectivity index (χ0) is 11.4. The van der Waals surface area contributed by atoms with Crippen molar-refractivity contribution in [3.05, 3.63) is 27.7 Å². The number of hydrogen-bond acceptors (Lipinski definition) is 2. The van der Waals surface area contributed by atoms with E-state index < -0.39 is 0 Å². The number of Topliss-reactive ketones (excluding diaryl/α,β-unsaturated/α-hetero) is 1. The minimum absolute atomic E-state index is 0.133. The van der Waals surface area contributed by atoms with E-state index in [1.54, 1.807) is 26.2 Å². The largest absolute Gasteiger partial charge is 0.495 e. The molecule has 0 aliphatic carbocycles. The molecule has 0 aliphatic heterocycles. The molecule has 4 heteroatoms. The standard InChI is InChI=1S/C11H12Cl2O2/c1-7(14)3-4-8-5-9(12)6-10(13)11(8)15-2/h5-6H,3-4H2,1-2H3. The monoisotopic (exact) mass is 246 g/mol. The van der Waals surface area contributed by atoms with Crippen molar-refractivity contribution in [1.29, 1.82) is 0 Å². The molecule has 0 saturated heterocycles. The summed E-state index contributed by atoms with van der Waals surface area (Å²) in [7, 11) is 1.55. The maximum Gasteiger partial charge on any atom is 0.140 e. The first-order valence-corrected chi connectivity index (χ1v) is 5.31. The van der Waals surface area contributed by atoms with Gasteiger partial charge in [0.05, 0.1) is 12.1 Å². The minimum atomic E-state index is 0.133. The van der Waals surface area contributed by atoms with Crippen LogP contribution in [0.2, 0.25) is 10.0 Å². The van der Waals surface area contributed by atoms with Gasteiger partial charge in [-0.25, -0.2) is 0 Å². The first-order chi connectivity index (χ1) is 7.04. The highest BCUT2D eigenvalue weighted by atomic mass is 35.5. The average Bonchev–Trinajstić information content (AvgIpc) is 2.13. The van der Waals surface area contributed by atoms with E-state index in [1.807, 2.05) is 0 Å². The Balaban J connectivity index is 2.98. The van der Waals surface area contributed by atoms with Gasteiger partial charge in [-0.3, -0.25) is 0 Å². The lowest BCUT2D eigenvalue weighted by molar-refractivity contribution is -0.116. The van der Waals surface area contributed by atoms with E-state index in [-0.39, 0.29) is 5.78 Å². The number of aryl methyl sites for hydroxylation is 1. The predicted octanol–water partition coefficient (Wildman–Crippen LogP) is 3.52. The molecule has 0 bridgehead atoms. The molecule has 15 heavy (non-hydrogen) atoms. The number of ether oxygens (including phenoxy) is 1. The number of carbonyl (C=O) groups excluding carboxylic acids is 1. The molecular weight excluding hydrogens is 235 g/mol. The number of methoxy groups -OCH3 is 1. The topological polar surface area (TPSA) is 26.3 Å². The molecule has 0 atom stereocenters. The predicted molar refractivity (Wildman–Crippen MR) is 62.0 cm³/mol. The number of hydrogen-bond donors (Lipinski definition) is 0. The Hall–Kier alpha value is -0.730. The molecule has 0 amide bonds. The Morgan fingerprint density at radius 1 is 1.40 bits per heavy atom. The van der Waals surface area contributed by atoms with Crippen molar-refractivity contribution < 1.29 is 9.53 Å². The number of halogens is 2. The number of benzene rings is 1. The number of rotatable bonds is 4. The lowest BCUT2D eigenvalue weighted by atomic mass is 10.1. The Morgan fingerprint density at radius 2 is 2.07 bits per heavy atom. The molecule has 82 valence electrons. The van der Waals surface area contributed by atoms with E-state index in [4.69, 9.17) is 27.9 Å². The van der Waals surface area contributed by atoms with Crippen LogP contribution in [0.5, 0.6) is 5.75 Å². The third-order valence-electron chi connectivity index (χ3n) is 2.04. The second kappa shape index (κ2) is 5.38. The SMILES string of the molecule is COc1c(Cl)cc(Cl)cc1CCC(C)=O. The molecule has 0 radical (unpaired) electrons. The van der Waals surface area contributed by atoms with E-state index >= 15 is 0 Å². The first kappa shape index (κ1) is 12.3. The molecule has 0 unspecified atom stereocenters. The molecule has 0 fully saturated rings. The summed E-state index contributed by atoms with van der Waals surface area (Å²) in [6.07, 6.45) is 1.06. The second-order valence-electron chi connectivity index (χ2n) is 3.28. The fourth-order valence-corrected chi connectivity index (χ4v) is 1.95. The van der Waals surface area contributed by atoms with Crippen LogP contribution in [0.3, 0.4) is 0 Å². The molecule has 0 N–H and O–H groups in total. The Morgan fingerprint density at radius 3 is 2.60 bits per heavy atom. The van der Waals surface area contributed by atoms with Gasteiger partial charge < -0.3 is 9.53 Å². The Kier molecular flexibility index (Phi) is 4.43. The van der Waals surface area contributed by atoms with Crippen molar-refractivity contribution in [2.75, 3.05) is 7.11 Å². The van der Waals surface area contributed by atoms with Crippen LogP contribution < -0.4 is 4.74 Å². The summed E-state index contributed by atoms with van der Waals surface area (Å²) in [5.74, 6) is 0.732. The maximum atomic E-state index is 10.9. The van der Waals surface area contributed by atoms with Crippen LogP contribution in [0.15, 0.2) is 12.1 Å². The highest BCUT2D eigenvalue weighted by Gasteiger charge is 2.10. The zero-order valence-corrected chi connectivity index (χ0v) is 10.2. The summed E-state index contributed by atoms with van der Waals surface area (Å²) < 4.78 is 5.16. The van der Waals surface area contributed by atoms with Crippen molar-refractivity contribution in [2.24, 2.45) is 0 Å². The molecule has 0 saturated carbocycles. The van der Waals surface area contributed by atoms with Gasteiger partial charge in [0, 0.05) is 11.4 Å². The molecule has 0 aromatic heterocycles. The summed E-state index contributed by atoms with van der Waals surface area (Å²) in [5, 5.41) is 1.03. The quantitative estimate of drug-likeness (QED) is 0.813. The number of ketones is 1. The van der Waals surface area contributed by atoms with E-state index in [0.29, 0.717) is 28.6 Å². The van der Waals surface area contributed by atoms with E-state index in [2.05, 4.69) is 0 Å². The molecule has 1 aromatic carbocycles. The Bertz CT molecular complexity index is 375. The van der Waals surface area contributed by atoms with Gasteiger partial charge in [-0.2, -0.15) is 0 Å². The van der Waals surface area contributed by atoms with Gasteiger partial charge in [-0.15, -0.1) is 0 Å². The second-order valence-corrected chi connectivity index (χ2v) is 4.13. The third kappa shape index (κ3) is 3.40. The molecule has 1 rings (SSSR count). The van der Waals surface area contributed by atoms with Gasteiger partial charge in [-0.05, 0) is 31.0 Å². The zero-order valence-electron chi connectivity index (χ0n) is 8.64. The third-order valence-corrected chi connectivity index (χ3v) is 2.53. The van der Waals surface area contributed by atoms with Crippen LogP contribution in [0, 0.1) is 0 Å². The van der Waals surface area contributed by atoms with Gasteiger partial charge in [-0.1, -0.05) is 23.2 Å². The molecule has 2 nitrogen and oxygen atoms in total. The van der Waals surface area contributed by atoms with Gasteiger partial charge in [0.1, 0.15) is 11.5 Å². The average molecular weight is 247 g/mol. The van der Waals surface area contributed by atoms with Crippen LogP contribution >= 0.6 is 23.2 Å². The van der Waals surface area contributed by atoms with Crippen molar-refractivity contribution in [2.45, 2.75) is 19.8 Å². The molecular formula is C11H12Cl2O2. The lowest BCUT2D eigenvalue weighted by Crippen LogP contribution is -1.97. The van der Waals surface area contributed by atoms with Crippen molar-refractivity contribution in [3.8, 4) is 5.75 Å². The van der Waals surface area contributed by atoms with E-state index in [1.165, 1.54) is 0 Å². The van der Waals surface area contributed by atoms with E-state index in [9.17, 15) is 4.79 Å². The van der Waals surface area contributed by atoms with Crippen LogP contribution in [0.1, 0.15) is 18.9 Å².